The minimum Gasteiger partial charge on any atom is -0.350 e. The average molecular weight is 432 g/mol. The van der Waals surface area contributed by atoms with Crippen LogP contribution in [0.25, 0.3) is 0 Å². The standard InChI is InChI=1S/C22H33N5O2S/c1-15-5-6-16-17(12-23)21(30-18(16)11-15)24-19(28)13-26-7-9-27(10-8-26)14-20(29)25-22(2,3)4/h15H,5-11,13-14H2,1-4H3,(H,24,28)(H,25,29)/t15-/m1/s1. The highest BCUT2D eigenvalue weighted by atomic mass is 32.1. The van der Waals surface area contributed by atoms with Crippen LogP contribution in [0.15, 0.2) is 0 Å². The number of rotatable bonds is 5. The Morgan fingerprint density at radius 1 is 1.13 bits per heavy atom. The lowest BCUT2D eigenvalue weighted by Gasteiger charge is -2.34. The van der Waals surface area contributed by atoms with Crippen LogP contribution in [0.2, 0.25) is 0 Å². The van der Waals surface area contributed by atoms with E-state index in [2.05, 4.69) is 33.4 Å². The molecule has 1 fully saturated rings. The predicted molar refractivity (Wildman–Crippen MR) is 120 cm³/mol. The summed E-state index contributed by atoms with van der Waals surface area (Å²) in [6.45, 7) is 11.9. The minimum absolute atomic E-state index is 0.0358. The largest absolute Gasteiger partial charge is 0.350 e. The number of anilines is 1. The molecule has 1 aromatic heterocycles. The summed E-state index contributed by atoms with van der Waals surface area (Å²) in [5, 5.41) is 16.3. The first-order valence-electron chi connectivity index (χ1n) is 10.7. The van der Waals surface area contributed by atoms with E-state index in [1.54, 1.807) is 11.3 Å². The number of nitrogens with one attached hydrogen (secondary N) is 2. The molecule has 1 saturated heterocycles. The van der Waals surface area contributed by atoms with E-state index in [0.29, 0.717) is 29.6 Å². The molecule has 8 heteroatoms. The van der Waals surface area contributed by atoms with Crippen LogP contribution in [-0.4, -0.2) is 66.4 Å². The molecule has 2 N–H and O–H groups in total. The quantitative estimate of drug-likeness (QED) is 0.746. The second-order valence-corrected chi connectivity index (χ2v) is 10.7. The molecule has 0 spiro atoms. The molecule has 30 heavy (non-hydrogen) atoms. The van der Waals surface area contributed by atoms with Crippen molar-refractivity contribution in [3.05, 3.63) is 16.0 Å². The zero-order valence-electron chi connectivity index (χ0n) is 18.5. The molecule has 1 atom stereocenters. The Kier molecular flexibility index (Phi) is 7.17. The minimum atomic E-state index is -0.224. The van der Waals surface area contributed by atoms with Gasteiger partial charge in [-0.3, -0.25) is 19.4 Å². The molecule has 2 amide bonds. The van der Waals surface area contributed by atoms with Crippen molar-refractivity contribution < 1.29 is 9.59 Å². The van der Waals surface area contributed by atoms with Gasteiger partial charge in [0.25, 0.3) is 0 Å². The molecule has 7 nitrogen and oxygen atoms in total. The van der Waals surface area contributed by atoms with E-state index in [0.717, 1.165) is 51.0 Å². The van der Waals surface area contributed by atoms with Gasteiger partial charge in [-0.05, 0) is 51.5 Å². The van der Waals surface area contributed by atoms with E-state index in [9.17, 15) is 14.9 Å². The van der Waals surface area contributed by atoms with E-state index in [4.69, 9.17) is 0 Å². The maximum atomic E-state index is 12.6. The molecule has 2 aliphatic rings. The Morgan fingerprint density at radius 2 is 1.73 bits per heavy atom. The highest BCUT2D eigenvalue weighted by Gasteiger charge is 2.26. The van der Waals surface area contributed by atoms with Crippen molar-refractivity contribution >= 4 is 28.2 Å². The van der Waals surface area contributed by atoms with E-state index in [-0.39, 0.29) is 17.4 Å². The van der Waals surface area contributed by atoms with Gasteiger partial charge in [0.1, 0.15) is 11.1 Å². The molecule has 1 aliphatic heterocycles. The van der Waals surface area contributed by atoms with Crippen molar-refractivity contribution in [1.29, 1.82) is 5.26 Å². The van der Waals surface area contributed by atoms with Crippen LogP contribution in [0.1, 0.15) is 50.1 Å². The third kappa shape index (κ3) is 6.03. The van der Waals surface area contributed by atoms with Crippen LogP contribution in [0.5, 0.6) is 0 Å². The van der Waals surface area contributed by atoms with Crippen molar-refractivity contribution in [2.75, 3.05) is 44.6 Å². The SMILES string of the molecule is C[C@@H]1CCc2c(sc(NC(=O)CN3CCN(CC(=O)NC(C)(C)C)CC3)c2C#N)C1. The molecule has 1 aromatic rings. The Morgan fingerprint density at radius 3 is 2.30 bits per heavy atom. The fourth-order valence-corrected chi connectivity index (χ4v) is 5.47. The van der Waals surface area contributed by atoms with Crippen molar-refractivity contribution in [2.24, 2.45) is 5.92 Å². The third-order valence-electron chi connectivity index (χ3n) is 5.59. The summed E-state index contributed by atoms with van der Waals surface area (Å²) < 4.78 is 0. The Balaban J connectivity index is 1.48. The highest BCUT2D eigenvalue weighted by Crippen LogP contribution is 2.39. The van der Waals surface area contributed by atoms with Crippen molar-refractivity contribution in [3.8, 4) is 6.07 Å². The first kappa shape index (κ1) is 22.7. The molecule has 0 unspecified atom stereocenters. The normalized spacial score (nSPS) is 20.3. The molecular formula is C22H33N5O2S. The van der Waals surface area contributed by atoms with E-state index >= 15 is 0 Å². The molecule has 2 heterocycles. The number of nitriles is 1. The van der Waals surface area contributed by atoms with Crippen LogP contribution in [0.3, 0.4) is 0 Å². The van der Waals surface area contributed by atoms with Gasteiger partial charge in [-0.1, -0.05) is 6.92 Å². The van der Waals surface area contributed by atoms with Gasteiger partial charge >= 0.3 is 0 Å². The summed E-state index contributed by atoms with van der Waals surface area (Å²) in [6.07, 6.45) is 3.02. The second-order valence-electron chi connectivity index (χ2n) is 9.57. The summed E-state index contributed by atoms with van der Waals surface area (Å²) in [4.78, 5) is 30.2. The Bertz CT molecular complexity index is 828. The van der Waals surface area contributed by atoms with Crippen molar-refractivity contribution in [2.45, 2.75) is 52.5 Å². The molecule has 0 aromatic carbocycles. The number of carbonyl (C=O) groups excluding carboxylic acids is 2. The number of piperazine rings is 1. The van der Waals surface area contributed by atoms with E-state index in [1.807, 2.05) is 20.8 Å². The summed E-state index contributed by atoms with van der Waals surface area (Å²) in [6, 6.07) is 2.31. The molecule has 0 bridgehead atoms. The molecule has 0 saturated carbocycles. The zero-order chi connectivity index (χ0) is 21.9. The number of amides is 2. The lowest BCUT2D eigenvalue weighted by atomic mass is 9.89. The maximum Gasteiger partial charge on any atom is 0.239 e. The van der Waals surface area contributed by atoms with Crippen molar-refractivity contribution in [1.82, 2.24) is 15.1 Å². The van der Waals surface area contributed by atoms with Gasteiger partial charge in [-0.2, -0.15) is 5.26 Å². The second kappa shape index (κ2) is 9.46. The summed E-state index contributed by atoms with van der Waals surface area (Å²) >= 11 is 1.57. The van der Waals surface area contributed by atoms with Gasteiger partial charge in [-0.25, -0.2) is 0 Å². The predicted octanol–water partition coefficient (Wildman–Crippen LogP) is 2.22. The first-order chi connectivity index (χ1) is 14.1. The first-order valence-corrected chi connectivity index (χ1v) is 11.6. The molecular weight excluding hydrogens is 398 g/mol. The van der Waals surface area contributed by atoms with Gasteiger partial charge in [0.15, 0.2) is 0 Å². The monoisotopic (exact) mass is 431 g/mol. The third-order valence-corrected chi connectivity index (χ3v) is 6.76. The Labute approximate surface area is 183 Å². The lowest BCUT2D eigenvalue weighted by Crippen LogP contribution is -2.52. The van der Waals surface area contributed by atoms with Crippen LogP contribution in [-0.2, 0) is 22.4 Å². The van der Waals surface area contributed by atoms with Crippen molar-refractivity contribution in [3.63, 3.8) is 0 Å². The van der Waals surface area contributed by atoms with Crippen LogP contribution >= 0.6 is 11.3 Å². The number of carbonyl (C=O) groups is 2. The fourth-order valence-electron chi connectivity index (χ4n) is 4.09. The fraction of sp³-hybridized carbons (Fsp3) is 0.682. The van der Waals surface area contributed by atoms with E-state index in [1.165, 1.54) is 4.88 Å². The van der Waals surface area contributed by atoms with Crippen LogP contribution in [0.4, 0.5) is 5.00 Å². The van der Waals surface area contributed by atoms with Gasteiger partial charge in [-0.15, -0.1) is 11.3 Å². The number of hydrogen-bond donors (Lipinski definition) is 2. The van der Waals surface area contributed by atoms with Crippen LogP contribution < -0.4 is 10.6 Å². The van der Waals surface area contributed by atoms with Gasteiger partial charge in [0, 0.05) is 36.6 Å². The smallest absolute Gasteiger partial charge is 0.239 e. The van der Waals surface area contributed by atoms with E-state index < -0.39 is 0 Å². The van der Waals surface area contributed by atoms with Gasteiger partial charge in [0.2, 0.25) is 11.8 Å². The summed E-state index contributed by atoms with van der Waals surface area (Å²) in [7, 11) is 0. The lowest BCUT2D eigenvalue weighted by molar-refractivity contribution is -0.124. The molecule has 0 radical (unpaired) electrons. The Hall–Kier alpha value is -1.95. The number of thiophene rings is 1. The number of nitrogens with zero attached hydrogens (tertiary/aromatic N) is 3. The van der Waals surface area contributed by atoms with Gasteiger partial charge in [0.05, 0.1) is 18.7 Å². The highest BCUT2D eigenvalue weighted by molar-refractivity contribution is 7.16. The molecule has 3 rings (SSSR count). The average Bonchev–Trinajstić information content (AvgIpc) is 2.97. The number of fused-ring (bicyclic) bond motifs is 1. The molecule has 1 aliphatic carbocycles. The van der Waals surface area contributed by atoms with Gasteiger partial charge < -0.3 is 10.6 Å². The molecule has 164 valence electrons. The summed E-state index contributed by atoms with van der Waals surface area (Å²) in [5.74, 6) is 0.596. The summed E-state index contributed by atoms with van der Waals surface area (Å²) in [5.41, 5.74) is 1.57. The maximum absolute atomic E-state index is 12.6. The zero-order valence-corrected chi connectivity index (χ0v) is 19.3. The van der Waals surface area contributed by atoms with Crippen LogP contribution in [0, 0.1) is 17.2 Å². The number of hydrogen-bond acceptors (Lipinski definition) is 6. The topological polar surface area (TPSA) is 88.5 Å².